The smallest absolute Gasteiger partial charge is 0.205 e. The van der Waals surface area contributed by atoms with Gasteiger partial charge in [-0.25, -0.2) is 4.98 Å². The lowest BCUT2D eigenvalue weighted by Crippen LogP contribution is -2.00. The van der Waals surface area contributed by atoms with Crippen LogP contribution in [0.2, 0.25) is 0 Å². The van der Waals surface area contributed by atoms with E-state index in [9.17, 15) is 0 Å². The molecule has 2 aromatic carbocycles. The number of rotatable bonds is 8. The number of nitrogens with zero attached hydrogens (tertiary/aromatic N) is 2. The van der Waals surface area contributed by atoms with Crippen LogP contribution in [0.1, 0.15) is 18.1 Å². The summed E-state index contributed by atoms with van der Waals surface area (Å²) in [5.74, 6) is 1.84. The number of ether oxygens (including phenoxy) is 2. The molecule has 0 aliphatic rings. The fraction of sp³-hybridized carbons (Fsp3) is 0.158. The molecule has 0 amide bonds. The van der Waals surface area contributed by atoms with E-state index in [4.69, 9.17) is 15.2 Å². The first kappa shape index (κ1) is 19.2. The summed E-state index contributed by atoms with van der Waals surface area (Å²) in [7, 11) is 0. The van der Waals surface area contributed by atoms with Crippen LogP contribution in [0.15, 0.2) is 57.4 Å². The zero-order valence-electron chi connectivity index (χ0n) is 14.7. The number of halogens is 1. The highest BCUT2D eigenvalue weighted by Crippen LogP contribution is 2.29. The topological polar surface area (TPSA) is 81.8 Å². The van der Waals surface area contributed by atoms with Gasteiger partial charge in [-0.15, -0.1) is 11.3 Å². The largest absolute Gasteiger partial charge is 0.490 e. The van der Waals surface area contributed by atoms with Crippen molar-refractivity contribution in [2.45, 2.75) is 13.5 Å². The Hall–Kier alpha value is -2.58. The van der Waals surface area contributed by atoms with Gasteiger partial charge in [0, 0.05) is 9.85 Å². The molecule has 1 heterocycles. The molecule has 0 atom stereocenters. The first-order chi connectivity index (χ1) is 13.1. The van der Waals surface area contributed by atoms with Crippen molar-refractivity contribution in [3.63, 3.8) is 0 Å². The minimum Gasteiger partial charge on any atom is -0.490 e. The lowest BCUT2D eigenvalue weighted by molar-refractivity contribution is 0.269. The van der Waals surface area contributed by atoms with E-state index in [1.165, 1.54) is 11.3 Å². The maximum Gasteiger partial charge on any atom is 0.205 e. The maximum atomic E-state index is 5.93. The van der Waals surface area contributed by atoms with Crippen LogP contribution in [0.5, 0.6) is 11.5 Å². The highest BCUT2D eigenvalue weighted by molar-refractivity contribution is 9.10. The quantitative estimate of drug-likeness (QED) is 0.379. The number of anilines is 2. The van der Waals surface area contributed by atoms with E-state index in [0.717, 1.165) is 15.6 Å². The first-order valence-electron chi connectivity index (χ1n) is 8.28. The summed E-state index contributed by atoms with van der Waals surface area (Å²) in [5.41, 5.74) is 10.4. The average Bonchev–Trinajstić information content (AvgIpc) is 3.06. The van der Waals surface area contributed by atoms with Gasteiger partial charge in [-0.1, -0.05) is 28.1 Å². The van der Waals surface area contributed by atoms with Crippen LogP contribution < -0.4 is 20.6 Å². The summed E-state index contributed by atoms with van der Waals surface area (Å²) in [6.07, 6.45) is 1.69. The van der Waals surface area contributed by atoms with Crippen LogP contribution in [0.4, 0.5) is 10.9 Å². The summed E-state index contributed by atoms with van der Waals surface area (Å²) in [5, 5.41) is 6.57. The van der Waals surface area contributed by atoms with Gasteiger partial charge < -0.3 is 15.2 Å². The molecule has 0 fully saturated rings. The number of hydrogen-bond acceptors (Lipinski definition) is 7. The lowest BCUT2D eigenvalue weighted by Gasteiger charge is -2.12. The third-order valence-electron chi connectivity index (χ3n) is 3.45. The Morgan fingerprint density at radius 3 is 2.85 bits per heavy atom. The Morgan fingerprint density at radius 1 is 1.22 bits per heavy atom. The fourth-order valence-corrected chi connectivity index (χ4v) is 3.28. The van der Waals surface area contributed by atoms with Gasteiger partial charge in [-0.3, -0.25) is 5.43 Å². The zero-order valence-corrected chi connectivity index (χ0v) is 17.1. The van der Waals surface area contributed by atoms with Crippen molar-refractivity contribution in [1.82, 2.24) is 4.98 Å². The Bertz CT molecular complexity index is 930. The third kappa shape index (κ3) is 5.70. The summed E-state index contributed by atoms with van der Waals surface area (Å²) in [6.45, 7) is 2.94. The van der Waals surface area contributed by atoms with Gasteiger partial charge >= 0.3 is 0 Å². The van der Waals surface area contributed by atoms with E-state index >= 15 is 0 Å². The van der Waals surface area contributed by atoms with Crippen LogP contribution in [0.3, 0.4) is 0 Å². The van der Waals surface area contributed by atoms with Gasteiger partial charge in [0.05, 0.1) is 12.8 Å². The Labute approximate surface area is 170 Å². The molecule has 0 saturated heterocycles. The number of hydrogen-bond donors (Lipinski definition) is 2. The fourth-order valence-electron chi connectivity index (χ4n) is 2.28. The van der Waals surface area contributed by atoms with Crippen molar-refractivity contribution in [1.29, 1.82) is 0 Å². The number of nitrogens with one attached hydrogen (secondary N) is 1. The van der Waals surface area contributed by atoms with Gasteiger partial charge in [-0.05, 0) is 48.4 Å². The van der Waals surface area contributed by atoms with Gasteiger partial charge in [0.15, 0.2) is 11.5 Å². The highest BCUT2D eigenvalue weighted by atomic mass is 79.9. The molecule has 0 radical (unpaired) electrons. The Balaban J connectivity index is 1.68. The molecule has 3 aromatic rings. The number of benzene rings is 2. The molecule has 0 spiro atoms. The third-order valence-corrected chi connectivity index (χ3v) is 4.71. The summed E-state index contributed by atoms with van der Waals surface area (Å²) < 4.78 is 12.7. The van der Waals surface area contributed by atoms with Crippen LogP contribution >= 0.6 is 27.3 Å². The molecular formula is C19H19BrN4O2S. The van der Waals surface area contributed by atoms with E-state index < -0.39 is 0 Å². The van der Waals surface area contributed by atoms with Crippen LogP contribution in [-0.2, 0) is 6.61 Å². The van der Waals surface area contributed by atoms with E-state index in [2.05, 4.69) is 31.4 Å². The van der Waals surface area contributed by atoms with Gasteiger partial charge in [0.25, 0.3) is 0 Å². The first-order valence-corrected chi connectivity index (χ1v) is 9.95. The van der Waals surface area contributed by atoms with Crippen molar-refractivity contribution in [2.75, 3.05) is 17.8 Å². The van der Waals surface area contributed by atoms with E-state index in [-0.39, 0.29) is 0 Å². The monoisotopic (exact) mass is 446 g/mol. The Kier molecular flexibility index (Phi) is 6.67. The molecule has 27 heavy (non-hydrogen) atoms. The number of hydrazone groups is 1. The van der Waals surface area contributed by atoms with Gasteiger partial charge in [0.2, 0.25) is 5.13 Å². The molecule has 0 bridgehead atoms. The van der Waals surface area contributed by atoms with Crippen LogP contribution in [0, 0.1) is 0 Å². The summed E-state index contributed by atoms with van der Waals surface area (Å²) in [4.78, 5) is 4.09. The molecule has 140 valence electrons. The molecule has 0 unspecified atom stereocenters. The number of aromatic nitrogens is 1. The number of nitrogens with two attached hydrogens (primary N) is 1. The van der Waals surface area contributed by atoms with Crippen molar-refractivity contribution in [3.8, 4) is 11.5 Å². The Morgan fingerprint density at radius 2 is 2.11 bits per heavy atom. The SMILES string of the molecule is CCOc1cc(C=NNc2nc(N)cs2)ccc1OCc1cccc(Br)c1. The van der Waals surface area contributed by atoms with E-state index in [1.54, 1.807) is 11.6 Å². The average molecular weight is 447 g/mol. The normalized spacial score (nSPS) is 10.9. The van der Waals surface area contributed by atoms with Gasteiger partial charge in [0.1, 0.15) is 12.4 Å². The van der Waals surface area contributed by atoms with Crippen molar-refractivity contribution in [3.05, 3.63) is 63.4 Å². The van der Waals surface area contributed by atoms with Gasteiger partial charge in [-0.2, -0.15) is 5.10 Å². The van der Waals surface area contributed by atoms with Crippen molar-refractivity contribution >= 4 is 44.4 Å². The molecule has 0 saturated carbocycles. The molecule has 6 nitrogen and oxygen atoms in total. The molecule has 3 rings (SSSR count). The van der Waals surface area contributed by atoms with E-state index in [1.807, 2.05) is 49.4 Å². The minimum atomic E-state index is 0.458. The second kappa shape index (κ2) is 9.38. The standard InChI is InChI=1S/C19H19BrN4O2S/c1-2-25-17-9-13(10-22-24-19-23-18(21)12-27-19)6-7-16(17)26-11-14-4-3-5-15(20)8-14/h3-10,12H,2,11,21H2,1H3,(H,23,24). The molecule has 1 aromatic heterocycles. The summed E-state index contributed by atoms with van der Waals surface area (Å²) in [6, 6.07) is 13.7. The second-order valence-electron chi connectivity index (χ2n) is 5.51. The van der Waals surface area contributed by atoms with E-state index in [0.29, 0.717) is 35.7 Å². The predicted octanol–water partition coefficient (Wildman–Crippen LogP) is 4.91. The molecule has 0 aliphatic carbocycles. The van der Waals surface area contributed by atoms with Crippen LogP contribution in [-0.4, -0.2) is 17.8 Å². The van der Waals surface area contributed by atoms with Crippen molar-refractivity contribution < 1.29 is 9.47 Å². The molecular weight excluding hydrogens is 428 g/mol. The zero-order chi connectivity index (χ0) is 19.1. The highest BCUT2D eigenvalue weighted by Gasteiger charge is 2.07. The molecule has 3 N–H and O–H groups in total. The number of nitrogen functional groups attached to an aromatic ring is 1. The molecule has 8 heteroatoms. The maximum absolute atomic E-state index is 5.93. The van der Waals surface area contributed by atoms with Crippen molar-refractivity contribution in [2.24, 2.45) is 5.10 Å². The number of thiazole rings is 1. The predicted molar refractivity (Wildman–Crippen MR) is 114 cm³/mol. The lowest BCUT2D eigenvalue weighted by atomic mass is 10.2. The minimum absolute atomic E-state index is 0.458. The second-order valence-corrected chi connectivity index (χ2v) is 7.28. The van der Waals surface area contributed by atoms with Crippen LogP contribution in [0.25, 0.3) is 0 Å². The molecule has 0 aliphatic heterocycles. The summed E-state index contributed by atoms with van der Waals surface area (Å²) >= 11 is 4.86.